The molecule has 0 fully saturated rings. The molecule has 0 amide bonds. The highest BCUT2D eigenvalue weighted by molar-refractivity contribution is 5.46. The van der Waals surface area contributed by atoms with Crippen molar-refractivity contribution in [1.29, 1.82) is 0 Å². The molecular weight excluding hydrogens is 207 g/mol. The van der Waals surface area contributed by atoms with E-state index in [4.69, 9.17) is 10.5 Å². The third kappa shape index (κ3) is 3.79. The Morgan fingerprint density at radius 3 is 2.81 bits per heavy atom. The van der Waals surface area contributed by atoms with Crippen LogP contribution >= 0.6 is 0 Å². The van der Waals surface area contributed by atoms with E-state index in [1.807, 2.05) is 0 Å². The van der Waals surface area contributed by atoms with Crippen LogP contribution in [-0.4, -0.2) is 31.7 Å². The molecule has 3 nitrogen and oxygen atoms in total. The van der Waals surface area contributed by atoms with Crippen LogP contribution in [0, 0.1) is 5.82 Å². The van der Waals surface area contributed by atoms with Crippen molar-refractivity contribution >= 4 is 5.69 Å². The Morgan fingerprint density at radius 1 is 1.44 bits per heavy atom. The largest absolute Gasteiger partial charge is 0.398 e. The SMILES string of the molecule is CCN(CCOC)Cc1cc(F)ccc1N. The van der Waals surface area contributed by atoms with Gasteiger partial charge in [0.15, 0.2) is 0 Å². The number of nitrogen functional groups attached to an aromatic ring is 1. The van der Waals surface area contributed by atoms with Crippen LogP contribution < -0.4 is 5.73 Å². The van der Waals surface area contributed by atoms with Crippen molar-refractivity contribution in [2.24, 2.45) is 0 Å². The van der Waals surface area contributed by atoms with E-state index in [0.29, 0.717) is 18.8 Å². The lowest BCUT2D eigenvalue weighted by Crippen LogP contribution is -2.27. The normalized spacial score (nSPS) is 11.0. The molecule has 0 saturated heterocycles. The van der Waals surface area contributed by atoms with Crippen molar-refractivity contribution in [3.63, 3.8) is 0 Å². The number of ether oxygens (including phenoxy) is 1. The van der Waals surface area contributed by atoms with E-state index in [-0.39, 0.29) is 5.82 Å². The number of methoxy groups -OCH3 is 1. The monoisotopic (exact) mass is 226 g/mol. The van der Waals surface area contributed by atoms with Crippen LogP contribution in [-0.2, 0) is 11.3 Å². The molecule has 0 radical (unpaired) electrons. The van der Waals surface area contributed by atoms with Crippen molar-refractivity contribution in [2.75, 3.05) is 32.5 Å². The van der Waals surface area contributed by atoms with E-state index in [9.17, 15) is 4.39 Å². The number of nitrogens with zero attached hydrogens (tertiary/aromatic N) is 1. The van der Waals surface area contributed by atoms with Gasteiger partial charge in [-0.15, -0.1) is 0 Å². The van der Waals surface area contributed by atoms with Gasteiger partial charge in [-0.25, -0.2) is 4.39 Å². The van der Waals surface area contributed by atoms with E-state index < -0.39 is 0 Å². The summed E-state index contributed by atoms with van der Waals surface area (Å²) in [6, 6.07) is 4.48. The van der Waals surface area contributed by atoms with Gasteiger partial charge in [-0.2, -0.15) is 0 Å². The number of halogens is 1. The Morgan fingerprint density at radius 2 is 2.19 bits per heavy atom. The molecule has 2 N–H and O–H groups in total. The zero-order valence-electron chi connectivity index (χ0n) is 9.87. The second-order valence-electron chi connectivity index (χ2n) is 3.70. The van der Waals surface area contributed by atoms with Gasteiger partial charge in [0.05, 0.1) is 6.61 Å². The average Bonchev–Trinajstić information content (AvgIpc) is 2.28. The number of rotatable bonds is 6. The van der Waals surface area contributed by atoms with Crippen LogP contribution in [0.3, 0.4) is 0 Å². The minimum absolute atomic E-state index is 0.244. The Kier molecular flexibility index (Phi) is 5.22. The molecule has 90 valence electrons. The summed E-state index contributed by atoms with van der Waals surface area (Å²) >= 11 is 0. The van der Waals surface area contributed by atoms with Gasteiger partial charge in [0.25, 0.3) is 0 Å². The van der Waals surface area contributed by atoms with Gasteiger partial charge < -0.3 is 10.5 Å². The summed E-state index contributed by atoms with van der Waals surface area (Å²) in [5, 5.41) is 0. The lowest BCUT2D eigenvalue weighted by molar-refractivity contribution is 0.147. The molecule has 0 unspecified atom stereocenters. The zero-order valence-corrected chi connectivity index (χ0v) is 9.87. The average molecular weight is 226 g/mol. The van der Waals surface area contributed by atoms with Crippen molar-refractivity contribution in [3.8, 4) is 0 Å². The summed E-state index contributed by atoms with van der Waals surface area (Å²) in [6.45, 7) is 5.10. The molecule has 0 heterocycles. The smallest absolute Gasteiger partial charge is 0.123 e. The summed E-state index contributed by atoms with van der Waals surface area (Å²) in [4.78, 5) is 2.16. The maximum absolute atomic E-state index is 13.1. The van der Waals surface area contributed by atoms with E-state index >= 15 is 0 Å². The topological polar surface area (TPSA) is 38.5 Å². The summed E-state index contributed by atoms with van der Waals surface area (Å²) in [5.41, 5.74) is 7.26. The fourth-order valence-electron chi connectivity index (χ4n) is 1.52. The van der Waals surface area contributed by atoms with Gasteiger partial charge >= 0.3 is 0 Å². The van der Waals surface area contributed by atoms with Crippen molar-refractivity contribution in [3.05, 3.63) is 29.6 Å². The zero-order chi connectivity index (χ0) is 12.0. The summed E-state index contributed by atoms with van der Waals surface area (Å²) in [6.07, 6.45) is 0. The standard InChI is InChI=1S/C12H19FN2O/c1-3-15(6-7-16-2)9-10-8-11(13)4-5-12(10)14/h4-5,8H,3,6-7,9,14H2,1-2H3. The third-order valence-corrected chi connectivity index (χ3v) is 2.56. The Hall–Kier alpha value is -1.13. The summed E-state index contributed by atoms with van der Waals surface area (Å²) in [5.74, 6) is -0.244. The molecule has 4 heteroatoms. The highest BCUT2D eigenvalue weighted by atomic mass is 19.1. The first-order valence-electron chi connectivity index (χ1n) is 5.42. The summed E-state index contributed by atoms with van der Waals surface area (Å²) < 4.78 is 18.1. The Balaban J connectivity index is 2.65. The van der Waals surface area contributed by atoms with Crippen LogP contribution in [0.25, 0.3) is 0 Å². The van der Waals surface area contributed by atoms with E-state index in [1.54, 1.807) is 13.2 Å². The van der Waals surface area contributed by atoms with E-state index in [1.165, 1.54) is 12.1 Å². The van der Waals surface area contributed by atoms with Gasteiger partial charge in [-0.05, 0) is 30.3 Å². The lowest BCUT2D eigenvalue weighted by atomic mass is 10.1. The molecule has 0 aliphatic carbocycles. The lowest BCUT2D eigenvalue weighted by Gasteiger charge is -2.20. The number of anilines is 1. The number of hydrogen-bond donors (Lipinski definition) is 1. The fraction of sp³-hybridized carbons (Fsp3) is 0.500. The number of hydrogen-bond acceptors (Lipinski definition) is 3. The van der Waals surface area contributed by atoms with Crippen LogP contribution in [0.5, 0.6) is 0 Å². The molecule has 0 spiro atoms. The van der Waals surface area contributed by atoms with Crippen LogP contribution in [0.1, 0.15) is 12.5 Å². The fourth-order valence-corrected chi connectivity index (χ4v) is 1.52. The van der Waals surface area contributed by atoms with Crippen molar-refractivity contribution in [1.82, 2.24) is 4.90 Å². The van der Waals surface area contributed by atoms with Gasteiger partial charge in [-0.3, -0.25) is 4.90 Å². The molecule has 0 saturated carbocycles. The van der Waals surface area contributed by atoms with Gasteiger partial charge in [0.2, 0.25) is 0 Å². The maximum Gasteiger partial charge on any atom is 0.123 e. The Bertz CT molecular complexity index is 331. The quantitative estimate of drug-likeness (QED) is 0.753. The first kappa shape index (κ1) is 12.9. The highest BCUT2D eigenvalue weighted by Gasteiger charge is 2.07. The highest BCUT2D eigenvalue weighted by Crippen LogP contribution is 2.15. The minimum Gasteiger partial charge on any atom is -0.398 e. The van der Waals surface area contributed by atoms with Crippen LogP contribution in [0.4, 0.5) is 10.1 Å². The molecule has 0 aromatic heterocycles. The van der Waals surface area contributed by atoms with Crippen molar-refractivity contribution in [2.45, 2.75) is 13.5 Å². The molecule has 1 aromatic carbocycles. The molecule has 16 heavy (non-hydrogen) atoms. The molecule has 0 atom stereocenters. The predicted molar refractivity (Wildman–Crippen MR) is 63.6 cm³/mol. The first-order valence-corrected chi connectivity index (χ1v) is 5.42. The Labute approximate surface area is 96.0 Å². The van der Waals surface area contributed by atoms with Gasteiger partial charge in [0, 0.05) is 25.9 Å². The number of benzene rings is 1. The molecule has 0 bridgehead atoms. The molecule has 0 aliphatic heterocycles. The molecule has 0 aliphatic rings. The second-order valence-corrected chi connectivity index (χ2v) is 3.70. The summed E-state index contributed by atoms with van der Waals surface area (Å²) in [7, 11) is 1.67. The van der Waals surface area contributed by atoms with E-state index in [0.717, 1.165) is 18.7 Å². The molecular formula is C12H19FN2O. The predicted octanol–water partition coefficient (Wildman–Crippen LogP) is 1.88. The second kappa shape index (κ2) is 6.45. The number of nitrogens with two attached hydrogens (primary N) is 1. The maximum atomic E-state index is 13.1. The van der Waals surface area contributed by atoms with E-state index in [2.05, 4.69) is 11.8 Å². The van der Waals surface area contributed by atoms with Crippen LogP contribution in [0.2, 0.25) is 0 Å². The van der Waals surface area contributed by atoms with Gasteiger partial charge in [0.1, 0.15) is 5.82 Å². The van der Waals surface area contributed by atoms with Crippen LogP contribution in [0.15, 0.2) is 18.2 Å². The number of likely N-dealkylation sites (N-methyl/N-ethyl adjacent to an activating group) is 1. The van der Waals surface area contributed by atoms with Gasteiger partial charge in [-0.1, -0.05) is 6.92 Å². The minimum atomic E-state index is -0.244. The molecule has 1 rings (SSSR count). The third-order valence-electron chi connectivity index (χ3n) is 2.56. The molecule has 1 aromatic rings. The first-order chi connectivity index (χ1) is 7.67. The van der Waals surface area contributed by atoms with Crippen molar-refractivity contribution < 1.29 is 9.13 Å².